The molecule has 0 aromatic rings. The van der Waals surface area contributed by atoms with Crippen molar-refractivity contribution in [3.63, 3.8) is 0 Å². The molecule has 9 heteroatoms. The van der Waals surface area contributed by atoms with Gasteiger partial charge in [-0.3, -0.25) is 13.8 Å². The lowest BCUT2D eigenvalue weighted by molar-refractivity contribution is -0.169. The van der Waals surface area contributed by atoms with Gasteiger partial charge in [0.1, 0.15) is 30.1 Å². The number of esters is 1. The van der Waals surface area contributed by atoms with E-state index in [0.29, 0.717) is 0 Å². The van der Waals surface area contributed by atoms with Gasteiger partial charge in [-0.15, -0.1) is 0 Å². The van der Waals surface area contributed by atoms with Gasteiger partial charge >= 0.3 is 5.97 Å². The summed E-state index contributed by atoms with van der Waals surface area (Å²) in [5.74, 6) is -1.14. The Morgan fingerprint density at radius 2 is 2.14 bits per heavy atom. The third-order valence-electron chi connectivity index (χ3n) is 4.36. The van der Waals surface area contributed by atoms with Gasteiger partial charge in [0, 0.05) is 5.57 Å². The Labute approximate surface area is 127 Å². The number of nitrogens with one attached hydrogen (secondary N) is 1. The first-order chi connectivity index (χ1) is 10.1. The van der Waals surface area contributed by atoms with Gasteiger partial charge in [0.25, 0.3) is 10.1 Å². The molecular weight excluding hydrogens is 314 g/mol. The van der Waals surface area contributed by atoms with Crippen molar-refractivity contribution in [2.45, 2.75) is 49.4 Å². The van der Waals surface area contributed by atoms with Crippen LogP contribution in [0.5, 0.6) is 0 Å². The van der Waals surface area contributed by atoms with Gasteiger partial charge in [0.2, 0.25) is 5.91 Å². The largest absolute Gasteiger partial charge is 0.452 e. The summed E-state index contributed by atoms with van der Waals surface area (Å²) in [5, 5.41) is 1.68. The van der Waals surface area contributed by atoms with Crippen LogP contribution in [0.3, 0.4) is 0 Å². The summed E-state index contributed by atoms with van der Waals surface area (Å²) in [6.07, 6.45) is -1.71. The first-order valence-electron chi connectivity index (χ1n) is 6.88. The highest BCUT2D eigenvalue weighted by Crippen LogP contribution is 2.53. The average Bonchev–Trinajstić information content (AvgIpc) is 3.00. The molecule has 5 atom stereocenters. The van der Waals surface area contributed by atoms with Crippen LogP contribution in [0, 0.1) is 0 Å². The summed E-state index contributed by atoms with van der Waals surface area (Å²) in [6, 6.07) is 0. The molecule has 8 nitrogen and oxygen atoms in total. The van der Waals surface area contributed by atoms with Crippen LogP contribution in [0.25, 0.3) is 0 Å². The maximum atomic E-state index is 11.9. The molecule has 3 heterocycles. The molecule has 3 fully saturated rings. The Morgan fingerprint density at radius 3 is 2.77 bits per heavy atom. The number of carbonyl (C=O) groups is 2. The topological polar surface area (TPSA) is 108 Å². The molecule has 22 heavy (non-hydrogen) atoms. The fraction of sp³-hybridized carbons (Fsp3) is 0.692. The third-order valence-corrected chi connectivity index (χ3v) is 6.04. The van der Waals surface area contributed by atoms with Gasteiger partial charge in [-0.2, -0.15) is 8.42 Å². The van der Waals surface area contributed by atoms with Crippen LogP contribution in [-0.2, 0) is 33.4 Å². The number of hydrogen-bond donors (Lipinski definition) is 1. The fourth-order valence-electron chi connectivity index (χ4n) is 3.18. The molecule has 1 amide bonds. The van der Waals surface area contributed by atoms with E-state index in [9.17, 15) is 18.0 Å². The zero-order valence-corrected chi connectivity index (χ0v) is 13.0. The molecule has 2 bridgehead atoms. The van der Waals surface area contributed by atoms with Crippen LogP contribution in [-0.4, -0.2) is 56.0 Å². The molecule has 5 unspecified atom stereocenters. The van der Waals surface area contributed by atoms with Crippen molar-refractivity contribution in [3.05, 3.63) is 12.2 Å². The van der Waals surface area contributed by atoms with E-state index in [4.69, 9.17) is 13.7 Å². The Morgan fingerprint density at radius 1 is 1.45 bits per heavy atom. The van der Waals surface area contributed by atoms with Crippen molar-refractivity contribution in [1.29, 1.82) is 0 Å². The summed E-state index contributed by atoms with van der Waals surface area (Å²) in [4.78, 5) is 23.3. The summed E-state index contributed by atoms with van der Waals surface area (Å²) < 4.78 is 39.7. The molecular formula is C13H17NO7S. The summed E-state index contributed by atoms with van der Waals surface area (Å²) in [7, 11) is -3.67. The van der Waals surface area contributed by atoms with E-state index < -0.39 is 51.2 Å². The Kier molecular flexibility index (Phi) is 3.35. The van der Waals surface area contributed by atoms with Crippen LogP contribution in [0.4, 0.5) is 0 Å². The molecule has 3 saturated heterocycles. The van der Waals surface area contributed by atoms with Gasteiger partial charge in [-0.25, -0.2) is 0 Å². The average molecular weight is 331 g/mol. The number of amides is 1. The first-order valence-corrected chi connectivity index (χ1v) is 8.35. The lowest BCUT2D eigenvalue weighted by Crippen LogP contribution is -2.53. The van der Waals surface area contributed by atoms with Crippen LogP contribution in [0.1, 0.15) is 20.3 Å². The minimum absolute atomic E-state index is 0.241. The zero-order chi connectivity index (χ0) is 16.3. The second-order valence-corrected chi connectivity index (χ2v) is 7.78. The van der Waals surface area contributed by atoms with Crippen LogP contribution >= 0.6 is 0 Å². The molecule has 0 aliphatic carbocycles. The van der Waals surface area contributed by atoms with E-state index in [1.54, 1.807) is 6.92 Å². The van der Waals surface area contributed by atoms with Crippen molar-refractivity contribution in [1.82, 2.24) is 5.32 Å². The summed E-state index contributed by atoms with van der Waals surface area (Å²) in [5.41, 5.74) is -0.897. The second kappa shape index (κ2) is 4.77. The first kappa shape index (κ1) is 15.4. The highest BCUT2D eigenvalue weighted by atomic mass is 32.2. The lowest BCUT2D eigenvalue weighted by Gasteiger charge is -2.33. The monoisotopic (exact) mass is 331 g/mol. The molecule has 0 saturated carbocycles. The van der Waals surface area contributed by atoms with Crippen LogP contribution in [0.15, 0.2) is 12.2 Å². The molecule has 3 aliphatic rings. The van der Waals surface area contributed by atoms with Crippen molar-refractivity contribution in [2.75, 3.05) is 6.54 Å². The second-order valence-electron chi connectivity index (χ2n) is 5.99. The molecule has 0 spiro atoms. The predicted molar refractivity (Wildman–Crippen MR) is 73.2 cm³/mol. The number of hydrogen-bond acceptors (Lipinski definition) is 7. The Bertz CT molecular complexity index is 657. The van der Waals surface area contributed by atoms with Gasteiger partial charge < -0.3 is 14.8 Å². The number of carbonyl (C=O) groups excluding carboxylic acids is 2. The van der Waals surface area contributed by atoms with E-state index in [1.807, 2.05) is 0 Å². The van der Waals surface area contributed by atoms with Crippen molar-refractivity contribution >= 4 is 22.0 Å². The molecule has 3 aliphatic heterocycles. The number of fused-ring (bicyclic) bond motifs is 1. The standard InChI is InChI=1S/C13H17NO7S/c1-6(2)12(16)14-5-9(15)20-13(3)8-4-7-10(19-8)11(13)21-22(7,17)18/h7-8,10-11H,1,4-5H2,2-3H3,(H,14,16). The fourth-order valence-corrected chi connectivity index (χ4v) is 4.86. The third kappa shape index (κ3) is 2.15. The Hall–Kier alpha value is -1.45. The zero-order valence-electron chi connectivity index (χ0n) is 12.2. The van der Waals surface area contributed by atoms with E-state index in [0.717, 1.165) is 0 Å². The van der Waals surface area contributed by atoms with E-state index >= 15 is 0 Å². The maximum Gasteiger partial charge on any atom is 0.326 e. The molecule has 122 valence electrons. The molecule has 3 rings (SSSR count). The Balaban J connectivity index is 1.67. The number of ether oxygens (including phenoxy) is 2. The van der Waals surface area contributed by atoms with E-state index in [1.165, 1.54) is 6.92 Å². The quantitative estimate of drug-likeness (QED) is 0.410. The van der Waals surface area contributed by atoms with Crippen LogP contribution < -0.4 is 5.32 Å². The smallest absolute Gasteiger partial charge is 0.326 e. The highest BCUT2D eigenvalue weighted by molar-refractivity contribution is 7.87. The normalized spacial score (nSPS) is 40.5. The maximum absolute atomic E-state index is 11.9. The van der Waals surface area contributed by atoms with Crippen molar-refractivity contribution in [2.24, 2.45) is 0 Å². The predicted octanol–water partition coefficient (Wildman–Crippen LogP) is -0.751. The van der Waals surface area contributed by atoms with Gasteiger partial charge in [-0.05, 0) is 20.3 Å². The minimum Gasteiger partial charge on any atom is -0.452 e. The van der Waals surface area contributed by atoms with Crippen molar-refractivity contribution < 1.29 is 31.7 Å². The molecule has 1 N–H and O–H groups in total. The molecule has 0 radical (unpaired) electrons. The number of rotatable bonds is 4. The molecule has 0 aromatic carbocycles. The summed E-state index contributed by atoms with van der Waals surface area (Å²) in [6.45, 7) is 6.24. The summed E-state index contributed by atoms with van der Waals surface area (Å²) >= 11 is 0. The lowest BCUT2D eigenvalue weighted by atomic mass is 9.83. The van der Waals surface area contributed by atoms with E-state index in [2.05, 4.69) is 11.9 Å². The minimum atomic E-state index is -3.67. The van der Waals surface area contributed by atoms with Gasteiger partial charge in [0.05, 0.1) is 0 Å². The SMILES string of the molecule is C=C(C)C(=O)NCC(=O)OC1(C)C2CC3C(O2)C1OS3(=O)=O. The molecule has 0 aromatic heterocycles. The van der Waals surface area contributed by atoms with E-state index in [-0.39, 0.29) is 18.5 Å². The van der Waals surface area contributed by atoms with Crippen LogP contribution in [0.2, 0.25) is 0 Å². The highest BCUT2D eigenvalue weighted by Gasteiger charge is 2.72. The van der Waals surface area contributed by atoms with Gasteiger partial charge in [-0.1, -0.05) is 6.58 Å². The van der Waals surface area contributed by atoms with Crippen molar-refractivity contribution in [3.8, 4) is 0 Å². The van der Waals surface area contributed by atoms with Gasteiger partial charge in [0.15, 0.2) is 5.60 Å².